The van der Waals surface area contributed by atoms with Crippen molar-refractivity contribution in [1.82, 2.24) is 10.3 Å². The van der Waals surface area contributed by atoms with Gasteiger partial charge >= 0.3 is 0 Å². The Morgan fingerprint density at radius 2 is 2.28 bits per heavy atom. The standard InChI is InChI=1S/C13H19BrN2O2/c1-13(2,6-4-8-17)9-16-12(18)11-10(14)5-3-7-15-11/h3,5,7,17H,4,6,8-9H2,1-2H3,(H,16,18). The zero-order chi connectivity index (χ0) is 13.6. The molecule has 1 amide bonds. The molecule has 0 saturated carbocycles. The van der Waals surface area contributed by atoms with E-state index in [0.29, 0.717) is 16.7 Å². The first-order valence-corrected chi connectivity index (χ1v) is 6.75. The van der Waals surface area contributed by atoms with Crippen molar-refractivity contribution in [3.8, 4) is 0 Å². The lowest BCUT2D eigenvalue weighted by molar-refractivity contribution is 0.0927. The molecule has 0 atom stereocenters. The van der Waals surface area contributed by atoms with Crippen molar-refractivity contribution >= 4 is 21.8 Å². The Morgan fingerprint density at radius 1 is 1.56 bits per heavy atom. The number of rotatable bonds is 6. The van der Waals surface area contributed by atoms with Crippen LogP contribution in [0.2, 0.25) is 0 Å². The number of hydrogen-bond acceptors (Lipinski definition) is 3. The van der Waals surface area contributed by atoms with Crippen LogP contribution in [-0.4, -0.2) is 29.1 Å². The molecule has 0 aliphatic rings. The molecule has 4 nitrogen and oxygen atoms in total. The van der Waals surface area contributed by atoms with Crippen LogP contribution in [0.3, 0.4) is 0 Å². The van der Waals surface area contributed by atoms with Crippen LogP contribution < -0.4 is 5.32 Å². The number of aliphatic hydroxyl groups is 1. The summed E-state index contributed by atoms with van der Waals surface area (Å²) in [4.78, 5) is 16.0. The Hall–Kier alpha value is -0.940. The number of aromatic nitrogens is 1. The predicted octanol–water partition coefficient (Wildman–Crippen LogP) is 2.37. The number of carbonyl (C=O) groups excluding carboxylic acids is 1. The zero-order valence-electron chi connectivity index (χ0n) is 10.7. The van der Waals surface area contributed by atoms with Crippen molar-refractivity contribution in [2.45, 2.75) is 26.7 Å². The van der Waals surface area contributed by atoms with E-state index in [-0.39, 0.29) is 17.9 Å². The molecule has 2 N–H and O–H groups in total. The number of hydrogen-bond donors (Lipinski definition) is 2. The third-order valence-electron chi connectivity index (χ3n) is 2.71. The van der Waals surface area contributed by atoms with Gasteiger partial charge in [0, 0.05) is 23.8 Å². The number of pyridine rings is 1. The Bertz CT molecular complexity index is 408. The smallest absolute Gasteiger partial charge is 0.271 e. The summed E-state index contributed by atoms with van der Waals surface area (Å²) in [5.74, 6) is -0.181. The first-order chi connectivity index (χ1) is 8.46. The summed E-state index contributed by atoms with van der Waals surface area (Å²) in [6.45, 7) is 4.88. The molecule has 5 heteroatoms. The number of amides is 1. The maximum atomic E-state index is 11.9. The molecule has 0 aliphatic heterocycles. The third-order valence-corrected chi connectivity index (χ3v) is 3.35. The van der Waals surface area contributed by atoms with Gasteiger partial charge in [-0.15, -0.1) is 0 Å². The summed E-state index contributed by atoms with van der Waals surface area (Å²) in [7, 11) is 0. The summed E-state index contributed by atoms with van der Waals surface area (Å²) in [6, 6.07) is 3.56. The van der Waals surface area contributed by atoms with Gasteiger partial charge in [-0.1, -0.05) is 13.8 Å². The summed E-state index contributed by atoms with van der Waals surface area (Å²) in [6.07, 6.45) is 3.21. The van der Waals surface area contributed by atoms with Crippen molar-refractivity contribution < 1.29 is 9.90 Å². The highest BCUT2D eigenvalue weighted by molar-refractivity contribution is 9.10. The number of carbonyl (C=O) groups is 1. The SMILES string of the molecule is CC(C)(CCCO)CNC(=O)c1ncccc1Br. The average Bonchev–Trinajstić information content (AvgIpc) is 2.34. The molecule has 0 fully saturated rings. The maximum absolute atomic E-state index is 11.9. The van der Waals surface area contributed by atoms with Crippen LogP contribution >= 0.6 is 15.9 Å². The molecule has 0 radical (unpaired) electrons. The van der Waals surface area contributed by atoms with Crippen LogP contribution in [0.4, 0.5) is 0 Å². The van der Waals surface area contributed by atoms with Crippen LogP contribution in [0.5, 0.6) is 0 Å². The van der Waals surface area contributed by atoms with E-state index >= 15 is 0 Å². The molecule has 1 aromatic rings. The molecule has 0 aliphatic carbocycles. The van der Waals surface area contributed by atoms with E-state index in [1.165, 1.54) is 0 Å². The second-order valence-corrected chi connectivity index (χ2v) is 5.86. The van der Waals surface area contributed by atoms with Gasteiger partial charge in [-0.05, 0) is 46.3 Å². The van der Waals surface area contributed by atoms with Crippen LogP contribution in [-0.2, 0) is 0 Å². The largest absolute Gasteiger partial charge is 0.396 e. The van der Waals surface area contributed by atoms with Crippen LogP contribution in [0, 0.1) is 5.41 Å². The highest BCUT2D eigenvalue weighted by atomic mass is 79.9. The van der Waals surface area contributed by atoms with Crippen molar-refractivity contribution in [2.75, 3.05) is 13.2 Å². The zero-order valence-corrected chi connectivity index (χ0v) is 12.3. The van der Waals surface area contributed by atoms with Crippen LogP contribution in [0.15, 0.2) is 22.8 Å². The first-order valence-electron chi connectivity index (χ1n) is 5.96. The number of nitrogens with zero attached hydrogens (tertiary/aromatic N) is 1. The lowest BCUT2D eigenvalue weighted by Crippen LogP contribution is -2.34. The van der Waals surface area contributed by atoms with Crippen molar-refractivity contribution in [3.05, 3.63) is 28.5 Å². The van der Waals surface area contributed by atoms with Gasteiger partial charge in [-0.3, -0.25) is 4.79 Å². The third kappa shape index (κ3) is 4.74. The monoisotopic (exact) mass is 314 g/mol. The number of aliphatic hydroxyl groups excluding tert-OH is 1. The predicted molar refractivity (Wildman–Crippen MR) is 74.4 cm³/mol. The number of halogens is 1. The summed E-state index contributed by atoms with van der Waals surface area (Å²) >= 11 is 3.30. The topological polar surface area (TPSA) is 62.2 Å². The fourth-order valence-electron chi connectivity index (χ4n) is 1.60. The molecular weight excluding hydrogens is 296 g/mol. The fourth-order valence-corrected chi connectivity index (χ4v) is 2.04. The van der Waals surface area contributed by atoms with E-state index in [2.05, 4.69) is 40.1 Å². The molecule has 0 saturated heterocycles. The first kappa shape index (κ1) is 15.1. The van der Waals surface area contributed by atoms with Gasteiger partial charge in [0.25, 0.3) is 5.91 Å². The second-order valence-electron chi connectivity index (χ2n) is 5.01. The van der Waals surface area contributed by atoms with Gasteiger partial charge in [0.15, 0.2) is 0 Å². The fraction of sp³-hybridized carbons (Fsp3) is 0.538. The summed E-state index contributed by atoms with van der Waals surface area (Å²) < 4.78 is 0.690. The Balaban J connectivity index is 2.54. The lowest BCUT2D eigenvalue weighted by atomic mass is 9.88. The van der Waals surface area contributed by atoms with Gasteiger partial charge < -0.3 is 10.4 Å². The Morgan fingerprint density at radius 3 is 2.89 bits per heavy atom. The van der Waals surface area contributed by atoms with E-state index in [9.17, 15) is 4.79 Å². The van der Waals surface area contributed by atoms with Gasteiger partial charge in [-0.25, -0.2) is 4.98 Å². The maximum Gasteiger partial charge on any atom is 0.271 e. The highest BCUT2D eigenvalue weighted by Gasteiger charge is 2.19. The molecule has 0 unspecified atom stereocenters. The van der Waals surface area contributed by atoms with Gasteiger partial charge in [0.2, 0.25) is 0 Å². The van der Waals surface area contributed by atoms with Crippen molar-refractivity contribution in [2.24, 2.45) is 5.41 Å². The molecule has 18 heavy (non-hydrogen) atoms. The molecule has 1 heterocycles. The minimum absolute atomic E-state index is 0.0281. The molecule has 1 rings (SSSR count). The summed E-state index contributed by atoms with van der Waals surface area (Å²) in [5.41, 5.74) is 0.370. The molecule has 0 aromatic carbocycles. The van der Waals surface area contributed by atoms with E-state index < -0.39 is 0 Å². The molecule has 0 spiro atoms. The van der Waals surface area contributed by atoms with E-state index in [0.717, 1.165) is 12.8 Å². The second kappa shape index (κ2) is 6.85. The van der Waals surface area contributed by atoms with Crippen LogP contribution in [0.1, 0.15) is 37.2 Å². The van der Waals surface area contributed by atoms with E-state index in [1.807, 2.05) is 0 Å². The summed E-state index contributed by atoms with van der Waals surface area (Å²) in [5, 5.41) is 11.7. The van der Waals surface area contributed by atoms with Gasteiger partial charge in [-0.2, -0.15) is 0 Å². The average molecular weight is 315 g/mol. The van der Waals surface area contributed by atoms with Crippen LogP contribution in [0.25, 0.3) is 0 Å². The minimum atomic E-state index is -0.181. The quantitative estimate of drug-likeness (QED) is 0.847. The van der Waals surface area contributed by atoms with E-state index in [4.69, 9.17) is 5.11 Å². The van der Waals surface area contributed by atoms with E-state index in [1.54, 1.807) is 18.3 Å². The van der Waals surface area contributed by atoms with Gasteiger partial charge in [0.05, 0.1) is 0 Å². The normalized spacial score (nSPS) is 11.3. The number of nitrogens with one attached hydrogen (secondary N) is 1. The molecule has 1 aromatic heterocycles. The Labute approximate surface area is 116 Å². The highest BCUT2D eigenvalue weighted by Crippen LogP contribution is 2.21. The minimum Gasteiger partial charge on any atom is -0.396 e. The molecular formula is C13H19BrN2O2. The molecule has 100 valence electrons. The van der Waals surface area contributed by atoms with Crippen molar-refractivity contribution in [3.63, 3.8) is 0 Å². The van der Waals surface area contributed by atoms with Crippen molar-refractivity contribution in [1.29, 1.82) is 0 Å². The molecule has 0 bridgehead atoms. The Kier molecular flexibility index (Phi) is 5.75. The van der Waals surface area contributed by atoms with Gasteiger partial charge in [0.1, 0.15) is 5.69 Å². The lowest BCUT2D eigenvalue weighted by Gasteiger charge is -2.24.